The lowest BCUT2D eigenvalue weighted by molar-refractivity contribution is -0.154. The van der Waals surface area contributed by atoms with Crippen LogP contribution in [0.1, 0.15) is 55.9 Å². The Hall–Kier alpha value is -1.82. The van der Waals surface area contributed by atoms with Gasteiger partial charge < -0.3 is 19.5 Å². The van der Waals surface area contributed by atoms with Crippen molar-refractivity contribution >= 4 is 11.9 Å². The van der Waals surface area contributed by atoms with Gasteiger partial charge in [0.05, 0.1) is 18.3 Å². The van der Waals surface area contributed by atoms with E-state index in [1.165, 1.54) is 11.2 Å². The molecule has 1 atom stereocenters. The summed E-state index contributed by atoms with van der Waals surface area (Å²) in [6, 6.07) is 0.602. The number of furan rings is 1. The van der Waals surface area contributed by atoms with E-state index in [4.69, 9.17) is 4.42 Å². The lowest BCUT2D eigenvalue weighted by Crippen LogP contribution is -2.46. The molecule has 3 rings (SSSR count). The van der Waals surface area contributed by atoms with Crippen molar-refractivity contribution in [3.8, 4) is 0 Å². The number of carbonyl (C=O) groups excluding carboxylic acids is 1. The maximum absolute atomic E-state index is 12.6. The van der Waals surface area contributed by atoms with E-state index in [2.05, 4.69) is 0 Å². The lowest BCUT2D eigenvalue weighted by atomic mass is 9.82. The van der Waals surface area contributed by atoms with Gasteiger partial charge in [-0.05, 0) is 18.9 Å². The molecule has 22 heavy (non-hydrogen) atoms. The molecule has 1 unspecified atom stereocenters. The first-order valence-electron chi connectivity index (χ1n) is 7.81. The van der Waals surface area contributed by atoms with Crippen LogP contribution in [-0.4, -0.2) is 39.1 Å². The fourth-order valence-electron chi connectivity index (χ4n) is 3.62. The molecule has 2 heterocycles. The molecular weight excluding hydrogens is 286 g/mol. The summed E-state index contributed by atoms with van der Waals surface area (Å²) in [6.07, 6.45) is 6.11. The number of carboxylic acids is 1. The molecular formula is C16H21NO5. The summed E-state index contributed by atoms with van der Waals surface area (Å²) in [5.41, 5.74) is -0.433. The second kappa shape index (κ2) is 5.76. The van der Waals surface area contributed by atoms with Crippen LogP contribution in [0.5, 0.6) is 0 Å². The summed E-state index contributed by atoms with van der Waals surface area (Å²) < 4.78 is 5.28. The van der Waals surface area contributed by atoms with Crippen LogP contribution >= 0.6 is 0 Å². The van der Waals surface area contributed by atoms with Crippen LogP contribution in [0.3, 0.4) is 0 Å². The Kier molecular flexibility index (Phi) is 3.95. The first-order chi connectivity index (χ1) is 10.5. The van der Waals surface area contributed by atoms with Crippen LogP contribution < -0.4 is 0 Å². The molecule has 6 nitrogen and oxygen atoms in total. The zero-order valence-corrected chi connectivity index (χ0v) is 12.5. The number of aliphatic hydroxyl groups is 1. The van der Waals surface area contributed by atoms with E-state index in [1.54, 1.807) is 6.07 Å². The molecule has 0 radical (unpaired) electrons. The number of fused-ring (bicyclic) bond motifs is 1. The van der Waals surface area contributed by atoms with Gasteiger partial charge in [-0.3, -0.25) is 4.79 Å². The summed E-state index contributed by atoms with van der Waals surface area (Å²) in [5, 5.41) is 20.0. The van der Waals surface area contributed by atoms with E-state index in [-0.39, 0.29) is 12.3 Å². The molecule has 0 saturated heterocycles. The Morgan fingerprint density at radius 2 is 2.05 bits per heavy atom. The van der Waals surface area contributed by atoms with Gasteiger partial charge in [0, 0.05) is 18.5 Å². The van der Waals surface area contributed by atoms with Gasteiger partial charge in [0.25, 0.3) is 0 Å². The van der Waals surface area contributed by atoms with Gasteiger partial charge in [-0.15, -0.1) is 0 Å². The summed E-state index contributed by atoms with van der Waals surface area (Å²) in [5.74, 6) is -0.720. The van der Waals surface area contributed by atoms with E-state index in [9.17, 15) is 19.8 Å². The number of rotatable bonds is 3. The molecule has 1 aromatic rings. The second-order valence-corrected chi connectivity index (χ2v) is 6.34. The van der Waals surface area contributed by atoms with Crippen LogP contribution in [0.2, 0.25) is 0 Å². The Balaban J connectivity index is 1.78. The highest BCUT2D eigenvalue weighted by atomic mass is 16.4. The number of carbonyl (C=O) groups is 2. The van der Waals surface area contributed by atoms with E-state index < -0.39 is 17.6 Å². The third-order valence-electron chi connectivity index (χ3n) is 4.78. The molecule has 0 bridgehead atoms. The van der Waals surface area contributed by atoms with Crippen LogP contribution in [0.25, 0.3) is 0 Å². The van der Waals surface area contributed by atoms with Crippen molar-refractivity contribution in [2.75, 3.05) is 6.54 Å². The zero-order chi connectivity index (χ0) is 15.7. The number of nitrogens with zero attached hydrogens (tertiary/aromatic N) is 1. The highest BCUT2D eigenvalue weighted by Crippen LogP contribution is 2.35. The molecule has 1 fully saturated rings. The van der Waals surface area contributed by atoms with Gasteiger partial charge in [-0.1, -0.05) is 19.3 Å². The summed E-state index contributed by atoms with van der Waals surface area (Å²) in [6.45, 7) is 0.312. The molecule has 0 spiro atoms. The van der Waals surface area contributed by atoms with Crippen LogP contribution in [0, 0.1) is 0 Å². The van der Waals surface area contributed by atoms with Crippen molar-refractivity contribution in [3.63, 3.8) is 0 Å². The van der Waals surface area contributed by atoms with E-state index in [0.29, 0.717) is 37.1 Å². The molecule has 1 aromatic heterocycles. The SMILES string of the molecule is O=C(O)C1c2ccoc2CCN1C(=O)CC1(O)CCCCC1. The third-order valence-corrected chi connectivity index (χ3v) is 4.78. The minimum Gasteiger partial charge on any atom is -0.479 e. The Labute approximate surface area is 128 Å². The number of hydrogen-bond donors (Lipinski definition) is 2. The highest BCUT2D eigenvalue weighted by molar-refractivity contribution is 5.86. The average molecular weight is 307 g/mol. The van der Waals surface area contributed by atoms with Gasteiger partial charge >= 0.3 is 5.97 Å². The van der Waals surface area contributed by atoms with Crippen LogP contribution in [0.4, 0.5) is 0 Å². The molecule has 2 N–H and O–H groups in total. The molecule has 1 amide bonds. The predicted molar refractivity (Wildman–Crippen MR) is 77.2 cm³/mol. The second-order valence-electron chi connectivity index (χ2n) is 6.34. The Morgan fingerprint density at radius 3 is 2.73 bits per heavy atom. The monoisotopic (exact) mass is 307 g/mol. The van der Waals surface area contributed by atoms with Crippen molar-refractivity contribution in [3.05, 3.63) is 23.7 Å². The largest absolute Gasteiger partial charge is 0.479 e. The Bertz CT molecular complexity index is 573. The fraction of sp³-hybridized carbons (Fsp3) is 0.625. The molecule has 6 heteroatoms. The topological polar surface area (TPSA) is 91.0 Å². The van der Waals surface area contributed by atoms with E-state index >= 15 is 0 Å². The predicted octanol–water partition coefficient (Wildman–Crippen LogP) is 1.88. The van der Waals surface area contributed by atoms with Crippen molar-refractivity contribution in [1.29, 1.82) is 0 Å². The van der Waals surface area contributed by atoms with Crippen molar-refractivity contribution in [2.24, 2.45) is 0 Å². The molecule has 0 aromatic carbocycles. The molecule has 1 aliphatic carbocycles. The van der Waals surface area contributed by atoms with Gasteiger partial charge in [0.1, 0.15) is 5.76 Å². The zero-order valence-electron chi connectivity index (χ0n) is 12.5. The number of amides is 1. The number of hydrogen-bond acceptors (Lipinski definition) is 4. The highest BCUT2D eigenvalue weighted by Gasteiger charge is 2.40. The molecule has 1 aliphatic heterocycles. The summed E-state index contributed by atoms with van der Waals surface area (Å²) in [4.78, 5) is 25.6. The molecule has 120 valence electrons. The first-order valence-corrected chi connectivity index (χ1v) is 7.81. The number of aliphatic carboxylic acids is 1. The third kappa shape index (κ3) is 2.75. The number of carboxylic acid groups (broad SMARTS) is 1. The lowest BCUT2D eigenvalue weighted by Gasteiger charge is -2.37. The van der Waals surface area contributed by atoms with Crippen molar-refractivity contribution < 1.29 is 24.2 Å². The van der Waals surface area contributed by atoms with Gasteiger partial charge in [-0.2, -0.15) is 0 Å². The van der Waals surface area contributed by atoms with Crippen molar-refractivity contribution in [1.82, 2.24) is 4.90 Å². The summed E-state index contributed by atoms with van der Waals surface area (Å²) in [7, 11) is 0. The van der Waals surface area contributed by atoms with Crippen LogP contribution in [-0.2, 0) is 16.0 Å². The quantitative estimate of drug-likeness (QED) is 0.889. The smallest absolute Gasteiger partial charge is 0.331 e. The minimum atomic E-state index is -1.06. The van der Waals surface area contributed by atoms with E-state index in [0.717, 1.165) is 19.3 Å². The average Bonchev–Trinajstić information content (AvgIpc) is 2.94. The van der Waals surface area contributed by atoms with Gasteiger partial charge in [0.2, 0.25) is 5.91 Å². The normalized spacial score (nSPS) is 23.9. The van der Waals surface area contributed by atoms with Crippen LogP contribution in [0.15, 0.2) is 16.7 Å². The van der Waals surface area contributed by atoms with Crippen molar-refractivity contribution in [2.45, 2.75) is 56.6 Å². The maximum atomic E-state index is 12.6. The summed E-state index contributed by atoms with van der Waals surface area (Å²) >= 11 is 0. The van der Waals surface area contributed by atoms with E-state index in [1.807, 2.05) is 0 Å². The minimum absolute atomic E-state index is 0.00393. The fourth-order valence-corrected chi connectivity index (χ4v) is 3.62. The molecule has 1 saturated carbocycles. The Morgan fingerprint density at radius 1 is 1.32 bits per heavy atom. The standard InChI is InChI=1S/C16H21NO5/c18-13(10-16(21)6-2-1-3-7-16)17-8-4-12-11(5-9-22-12)14(17)15(19)20/h5,9,14,21H,1-4,6-8,10H2,(H,19,20). The first kappa shape index (κ1) is 15.1. The van der Waals surface area contributed by atoms with Gasteiger partial charge in [0.15, 0.2) is 6.04 Å². The van der Waals surface area contributed by atoms with Gasteiger partial charge in [-0.25, -0.2) is 4.79 Å². The maximum Gasteiger partial charge on any atom is 0.331 e. The molecule has 2 aliphatic rings.